The van der Waals surface area contributed by atoms with Crippen molar-refractivity contribution in [2.45, 2.75) is 50.7 Å². The van der Waals surface area contributed by atoms with Crippen molar-refractivity contribution in [3.8, 4) is 5.69 Å². The summed E-state index contributed by atoms with van der Waals surface area (Å²) < 4.78 is 1.79. The summed E-state index contributed by atoms with van der Waals surface area (Å²) in [7, 11) is 1.93. The van der Waals surface area contributed by atoms with Crippen molar-refractivity contribution in [1.29, 1.82) is 0 Å². The van der Waals surface area contributed by atoms with Crippen LogP contribution in [-0.2, 0) is 0 Å². The van der Waals surface area contributed by atoms with Crippen LogP contribution in [0.3, 0.4) is 0 Å². The monoisotopic (exact) mass is 324 g/mol. The minimum atomic E-state index is 0.0705. The van der Waals surface area contributed by atoms with Gasteiger partial charge in [-0.15, -0.1) is 0 Å². The Hall–Kier alpha value is -2.14. The zero-order chi connectivity index (χ0) is 16.7. The fraction of sp³-hybridized carbons (Fsp3) is 0.474. The third kappa shape index (κ3) is 2.73. The molecule has 1 N–H and O–H groups in total. The lowest BCUT2D eigenvalue weighted by atomic mass is 9.98. The molecule has 126 valence electrons. The van der Waals surface area contributed by atoms with E-state index < -0.39 is 0 Å². The Morgan fingerprint density at radius 2 is 1.96 bits per heavy atom. The number of carbonyl (C=O) groups excluding carboxylic acids is 1. The number of piperidine rings is 1. The lowest BCUT2D eigenvalue weighted by Crippen LogP contribution is -2.48. The van der Waals surface area contributed by atoms with Gasteiger partial charge in [0.05, 0.1) is 17.4 Å². The van der Waals surface area contributed by atoms with Crippen molar-refractivity contribution in [2.24, 2.45) is 0 Å². The van der Waals surface area contributed by atoms with Crippen LogP contribution in [0.4, 0.5) is 0 Å². The van der Waals surface area contributed by atoms with Gasteiger partial charge in [0, 0.05) is 31.4 Å². The number of benzene rings is 1. The SMILES string of the molecule is Cc1ccccc1-n1cc(C(=O)N(C)C2CC3CCC(C2)N3)cn1. The molecule has 2 aliphatic rings. The number of aromatic nitrogens is 2. The minimum Gasteiger partial charge on any atom is -0.339 e. The van der Waals surface area contributed by atoms with E-state index in [0.29, 0.717) is 23.7 Å². The van der Waals surface area contributed by atoms with Gasteiger partial charge >= 0.3 is 0 Å². The molecule has 0 spiro atoms. The van der Waals surface area contributed by atoms with Gasteiger partial charge in [0.2, 0.25) is 0 Å². The second-order valence-electron chi connectivity index (χ2n) is 7.14. The number of para-hydroxylation sites is 1. The molecule has 0 radical (unpaired) electrons. The average molecular weight is 324 g/mol. The van der Waals surface area contributed by atoms with E-state index in [9.17, 15) is 4.79 Å². The lowest BCUT2D eigenvalue weighted by Gasteiger charge is -2.35. The third-order valence-corrected chi connectivity index (χ3v) is 5.51. The number of amides is 1. The van der Waals surface area contributed by atoms with Crippen LogP contribution < -0.4 is 5.32 Å². The summed E-state index contributed by atoms with van der Waals surface area (Å²) in [5, 5.41) is 8.03. The number of rotatable bonds is 3. The number of aryl methyl sites for hydroxylation is 1. The topological polar surface area (TPSA) is 50.2 Å². The third-order valence-electron chi connectivity index (χ3n) is 5.51. The highest BCUT2D eigenvalue weighted by Gasteiger charge is 2.36. The van der Waals surface area contributed by atoms with Gasteiger partial charge < -0.3 is 10.2 Å². The van der Waals surface area contributed by atoms with Gasteiger partial charge in [-0.2, -0.15) is 5.10 Å². The summed E-state index contributed by atoms with van der Waals surface area (Å²) in [5.41, 5.74) is 2.81. The Morgan fingerprint density at radius 1 is 1.25 bits per heavy atom. The molecule has 2 saturated heterocycles. The van der Waals surface area contributed by atoms with Gasteiger partial charge in [0.1, 0.15) is 0 Å². The maximum Gasteiger partial charge on any atom is 0.257 e. The van der Waals surface area contributed by atoms with E-state index in [0.717, 1.165) is 24.1 Å². The van der Waals surface area contributed by atoms with Crippen LogP contribution in [0.1, 0.15) is 41.6 Å². The quantitative estimate of drug-likeness (QED) is 0.944. The Morgan fingerprint density at radius 3 is 2.67 bits per heavy atom. The predicted octanol–water partition coefficient (Wildman–Crippen LogP) is 2.54. The van der Waals surface area contributed by atoms with Gasteiger partial charge in [0.25, 0.3) is 5.91 Å². The lowest BCUT2D eigenvalue weighted by molar-refractivity contribution is 0.0681. The smallest absolute Gasteiger partial charge is 0.257 e. The van der Waals surface area contributed by atoms with Crippen molar-refractivity contribution >= 4 is 5.91 Å². The Labute approximate surface area is 142 Å². The Kier molecular flexibility index (Phi) is 3.88. The van der Waals surface area contributed by atoms with Crippen LogP contribution >= 0.6 is 0 Å². The van der Waals surface area contributed by atoms with Crippen molar-refractivity contribution in [3.05, 3.63) is 47.8 Å². The molecule has 0 aliphatic carbocycles. The summed E-state index contributed by atoms with van der Waals surface area (Å²) >= 11 is 0. The fourth-order valence-corrected chi connectivity index (χ4v) is 4.10. The second kappa shape index (κ2) is 6.06. The van der Waals surface area contributed by atoms with E-state index in [1.165, 1.54) is 12.8 Å². The van der Waals surface area contributed by atoms with Gasteiger partial charge in [0.15, 0.2) is 0 Å². The van der Waals surface area contributed by atoms with E-state index in [4.69, 9.17) is 0 Å². The Bertz CT molecular complexity index is 741. The standard InChI is InChI=1S/C19H24N4O/c1-13-5-3-4-6-18(13)23-12-14(11-20-23)19(24)22(2)17-9-15-7-8-16(10-17)21-15/h3-6,11-12,15-17,21H,7-10H2,1-2H3. The molecular weight excluding hydrogens is 300 g/mol. The highest BCUT2D eigenvalue weighted by atomic mass is 16.2. The number of hydrogen-bond donors (Lipinski definition) is 1. The highest BCUT2D eigenvalue weighted by Crippen LogP contribution is 2.29. The van der Waals surface area contributed by atoms with Gasteiger partial charge in [-0.3, -0.25) is 4.79 Å². The molecular formula is C19H24N4O. The number of fused-ring (bicyclic) bond motifs is 2. The molecule has 0 saturated carbocycles. The molecule has 3 heterocycles. The number of nitrogens with zero attached hydrogens (tertiary/aromatic N) is 3. The van der Waals surface area contributed by atoms with Crippen LogP contribution in [0.25, 0.3) is 5.69 Å². The maximum atomic E-state index is 12.9. The molecule has 5 heteroatoms. The molecule has 1 aromatic carbocycles. The molecule has 2 unspecified atom stereocenters. The first-order valence-corrected chi connectivity index (χ1v) is 8.75. The first kappa shape index (κ1) is 15.4. The summed E-state index contributed by atoms with van der Waals surface area (Å²) in [6.07, 6.45) is 8.13. The zero-order valence-electron chi connectivity index (χ0n) is 14.3. The first-order valence-electron chi connectivity index (χ1n) is 8.75. The molecule has 2 bridgehead atoms. The van der Waals surface area contributed by atoms with Crippen molar-refractivity contribution < 1.29 is 4.79 Å². The van der Waals surface area contributed by atoms with Crippen LogP contribution in [0.5, 0.6) is 0 Å². The minimum absolute atomic E-state index is 0.0705. The zero-order valence-corrected chi connectivity index (χ0v) is 14.3. The van der Waals surface area contributed by atoms with Gasteiger partial charge in [-0.25, -0.2) is 4.68 Å². The molecule has 24 heavy (non-hydrogen) atoms. The fourth-order valence-electron chi connectivity index (χ4n) is 4.10. The van der Waals surface area contributed by atoms with E-state index in [2.05, 4.69) is 23.4 Å². The highest BCUT2D eigenvalue weighted by molar-refractivity contribution is 5.93. The van der Waals surface area contributed by atoms with E-state index in [-0.39, 0.29) is 5.91 Å². The van der Waals surface area contributed by atoms with Crippen LogP contribution in [-0.4, -0.2) is 45.8 Å². The number of carbonyl (C=O) groups is 1. The van der Waals surface area contributed by atoms with Gasteiger partial charge in [-0.1, -0.05) is 18.2 Å². The van der Waals surface area contributed by atoms with Gasteiger partial charge in [-0.05, 0) is 44.2 Å². The van der Waals surface area contributed by atoms with Crippen molar-refractivity contribution in [3.63, 3.8) is 0 Å². The number of nitrogens with one attached hydrogen (secondary N) is 1. The molecule has 1 aromatic heterocycles. The summed E-state index contributed by atoms with van der Waals surface area (Å²) in [4.78, 5) is 14.8. The molecule has 1 amide bonds. The van der Waals surface area contributed by atoms with E-state index in [1.807, 2.05) is 36.3 Å². The first-order chi connectivity index (χ1) is 11.6. The van der Waals surface area contributed by atoms with Crippen molar-refractivity contribution in [2.75, 3.05) is 7.05 Å². The maximum absolute atomic E-state index is 12.9. The van der Waals surface area contributed by atoms with E-state index in [1.54, 1.807) is 10.9 Å². The summed E-state index contributed by atoms with van der Waals surface area (Å²) in [5.74, 6) is 0.0705. The molecule has 2 fully saturated rings. The molecule has 4 rings (SSSR count). The van der Waals surface area contributed by atoms with Crippen LogP contribution in [0.15, 0.2) is 36.7 Å². The summed E-state index contributed by atoms with van der Waals surface area (Å²) in [6, 6.07) is 9.56. The largest absolute Gasteiger partial charge is 0.339 e. The molecule has 2 aliphatic heterocycles. The summed E-state index contributed by atoms with van der Waals surface area (Å²) in [6.45, 7) is 2.05. The predicted molar refractivity (Wildman–Crippen MR) is 93.4 cm³/mol. The van der Waals surface area contributed by atoms with Crippen LogP contribution in [0.2, 0.25) is 0 Å². The number of hydrogen-bond acceptors (Lipinski definition) is 3. The second-order valence-corrected chi connectivity index (χ2v) is 7.14. The molecule has 5 nitrogen and oxygen atoms in total. The van der Waals surface area contributed by atoms with Crippen LogP contribution in [0, 0.1) is 6.92 Å². The normalized spacial score (nSPS) is 25.7. The average Bonchev–Trinajstić information content (AvgIpc) is 3.20. The Balaban J connectivity index is 1.52. The van der Waals surface area contributed by atoms with Crippen molar-refractivity contribution in [1.82, 2.24) is 20.0 Å². The van der Waals surface area contributed by atoms with E-state index >= 15 is 0 Å². The molecule has 2 aromatic rings. The molecule has 2 atom stereocenters.